The number of pyridine rings is 2. The summed E-state index contributed by atoms with van der Waals surface area (Å²) in [6.07, 6.45) is 3.47. The summed E-state index contributed by atoms with van der Waals surface area (Å²) in [6, 6.07) is 5.39. The first kappa shape index (κ1) is 19.6. The Bertz CT molecular complexity index is 922. The highest BCUT2D eigenvalue weighted by Gasteiger charge is 2.15. The molecule has 0 aliphatic carbocycles. The van der Waals surface area contributed by atoms with Crippen LogP contribution in [-0.2, 0) is 0 Å². The molecule has 138 valence electrons. The van der Waals surface area contributed by atoms with E-state index >= 15 is 0 Å². The van der Waals surface area contributed by atoms with E-state index in [0.29, 0.717) is 21.6 Å². The third-order valence-electron chi connectivity index (χ3n) is 3.89. The van der Waals surface area contributed by atoms with E-state index in [1.165, 1.54) is 0 Å². The van der Waals surface area contributed by atoms with Crippen molar-refractivity contribution in [1.82, 2.24) is 20.0 Å². The van der Waals surface area contributed by atoms with Gasteiger partial charge in [0.15, 0.2) is 0 Å². The number of halogens is 1. The molecule has 0 saturated heterocycles. The van der Waals surface area contributed by atoms with Crippen molar-refractivity contribution in [2.45, 2.75) is 41.5 Å². The van der Waals surface area contributed by atoms with Crippen molar-refractivity contribution in [3.05, 3.63) is 48.6 Å². The number of fused-ring (bicyclic) bond motifs is 1. The lowest BCUT2D eigenvalue weighted by Gasteiger charge is -2.23. The molecule has 0 atom stereocenters. The van der Waals surface area contributed by atoms with E-state index in [2.05, 4.69) is 47.7 Å². The zero-order chi connectivity index (χ0) is 19.5. The van der Waals surface area contributed by atoms with Gasteiger partial charge in [-0.15, -0.1) is 5.10 Å². The van der Waals surface area contributed by atoms with Gasteiger partial charge < -0.3 is 5.32 Å². The van der Waals surface area contributed by atoms with Gasteiger partial charge in [-0.1, -0.05) is 50.6 Å². The zero-order valence-electron chi connectivity index (χ0n) is 16.3. The van der Waals surface area contributed by atoms with Gasteiger partial charge in [-0.3, -0.25) is 4.98 Å². The van der Waals surface area contributed by atoms with Gasteiger partial charge in [0.05, 0.1) is 23.3 Å². The van der Waals surface area contributed by atoms with Crippen LogP contribution in [0.15, 0.2) is 42.9 Å². The fourth-order valence-electron chi connectivity index (χ4n) is 2.27. The summed E-state index contributed by atoms with van der Waals surface area (Å²) in [5.41, 5.74) is 4.71. The van der Waals surface area contributed by atoms with E-state index in [9.17, 15) is 4.48 Å². The third-order valence-corrected chi connectivity index (χ3v) is 3.89. The number of anilines is 1. The van der Waals surface area contributed by atoms with Gasteiger partial charge in [-0.25, -0.2) is 4.98 Å². The van der Waals surface area contributed by atoms with Gasteiger partial charge in [-0.2, -0.15) is 0 Å². The SMILES string of the molecule is C=C(Nc1cncc(-c2ccc3c(n2)c(C)nn3F)c1)C(C)(C)C.CC. The van der Waals surface area contributed by atoms with Crippen LogP contribution in [0, 0.1) is 12.3 Å². The molecule has 3 aromatic heterocycles. The lowest BCUT2D eigenvalue weighted by Crippen LogP contribution is -2.15. The zero-order valence-corrected chi connectivity index (χ0v) is 16.3. The second-order valence-corrected chi connectivity index (χ2v) is 6.83. The number of nitrogens with one attached hydrogen (secondary N) is 1. The minimum absolute atomic E-state index is 0.0556. The second kappa shape index (κ2) is 7.64. The van der Waals surface area contributed by atoms with Crippen molar-refractivity contribution in [2.75, 3.05) is 5.32 Å². The van der Waals surface area contributed by atoms with Crippen molar-refractivity contribution < 1.29 is 4.48 Å². The van der Waals surface area contributed by atoms with Crippen molar-refractivity contribution in [2.24, 2.45) is 5.41 Å². The van der Waals surface area contributed by atoms with E-state index < -0.39 is 0 Å². The minimum atomic E-state index is -0.0556. The maximum Gasteiger partial charge on any atom is 0.123 e. The first-order valence-corrected chi connectivity index (χ1v) is 8.70. The molecule has 6 heteroatoms. The van der Waals surface area contributed by atoms with E-state index in [0.717, 1.165) is 22.6 Å². The average Bonchev–Trinajstić information content (AvgIpc) is 2.90. The van der Waals surface area contributed by atoms with Crippen LogP contribution in [0.5, 0.6) is 0 Å². The predicted molar refractivity (Wildman–Crippen MR) is 106 cm³/mol. The molecule has 3 aromatic rings. The Kier molecular flexibility index (Phi) is 5.75. The molecule has 3 rings (SSSR count). The van der Waals surface area contributed by atoms with Crippen LogP contribution in [0.2, 0.25) is 0 Å². The fraction of sp³-hybridized carbons (Fsp3) is 0.350. The Morgan fingerprint density at radius 1 is 1.19 bits per heavy atom. The van der Waals surface area contributed by atoms with E-state index in [1.807, 2.05) is 19.9 Å². The number of aryl methyl sites for hydroxylation is 1. The largest absolute Gasteiger partial charge is 0.358 e. The molecule has 0 fully saturated rings. The molecule has 0 aliphatic rings. The molecule has 1 N–H and O–H groups in total. The van der Waals surface area contributed by atoms with Crippen LogP contribution in [0.4, 0.5) is 10.2 Å². The maximum absolute atomic E-state index is 13.6. The van der Waals surface area contributed by atoms with Crippen molar-refractivity contribution in [1.29, 1.82) is 0 Å². The highest BCUT2D eigenvalue weighted by Crippen LogP contribution is 2.28. The van der Waals surface area contributed by atoms with Gasteiger partial charge in [0.2, 0.25) is 0 Å². The van der Waals surface area contributed by atoms with Crippen molar-refractivity contribution in [3.8, 4) is 11.3 Å². The lowest BCUT2D eigenvalue weighted by atomic mass is 9.93. The van der Waals surface area contributed by atoms with Gasteiger partial charge >= 0.3 is 0 Å². The van der Waals surface area contributed by atoms with Crippen LogP contribution < -0.4 is 5.32 Å². The molecule has 0 unspecified atom stereocenters. The summed E-state index contributed by atoms with van der Waals surface area (Å²) in [7, 11) is 0. The maximum atomic E-state index is 13.6. The Hall–Kier alpha value is -2.76. The number of nitrogens with zero attached hydrogens (tertiary/aromatic N) is 4. The highest BCUT2D eigenvalue weighted by atomic mass is 19.2. The molecule has 0 aromatic carbocycles. The molecular weight excluding hydrogens is 329 g/mol. The number of aromatic nitrogens is 4. The quantitative estimate of drug-likeness (QED) is 0.671. The van der Waals surface area contributed by atoms with Crippen LogP contribution >= 0.6 is 0 Å². The summed E-state index contributed by atoms with van der Waals surface area (Å²) in [5, 5.41) is 7.04. The van der Waals surface area contributed by atoms with Crippen LogP contribution in [0.25, 0.3) is 22.3 Å². The first-order valence-electron chi connectivity index (χ1n) is 8.70. The topological polar surface area (TPSA) is 55.6 Å². The molecule has 5 nitrogen and oxygen atoms in total. The van der Waals surface area contributed by atoms with Gasteiger partial charge in [0, 0.05) is 22.9 Å². The van der Waals surface area contributed by atoms with Gasteiger partial charge in [0.25, 0.3) is 0 Å². The summed E-state index contributed by atoms with van der Waals surface area (Å²) in [6.45, 7) is 16.1. The smallest absolute Gasteiger partial charge is 0.123 e. The number of rotatable bonds is 3. The summed E-state index contributed by atoms with van der Waals surface area (Å²) >= 11 is 0. The van der Waals surface area contributed by atoms with E-state index in [1.54, 1.807) is 31.5 Å². The monoisotopic (exact) mass is 355 g/mol. The van der Waals surface area contributed by atoms with Gasteiger partial charge in [-0.05, 0) is 25.1 Å². The standard InChI is InChI=1S/C18H20FN5.C2H6/c1-11-17-16(24(19)23-11)7-6-15(22-17)13-8-14(10-20-9-13)21-12(2)18(3,4)5;1-2/h6-10,21H,2H2,1,3-5H3;1-2H3. The fourth-order valence-corrected chi connectivity index (χ4v) is 2.27. The van der Waals surface area contributed by atoms with E-state index in [4.69, 9.17) is 0 Å². The Balaban J connectivity index is 0.00000117. The highest BCUT2D eigenvalue weighted by molar-refractivity contribution is 5.80. The van der Waals surface area contributed by atoms with Gasteiger partial charge in [0.1, 0.15) is 11.0 Å². The molecule has 3 heterocycles. The average molecular weight is 355 g/mol. The summed E-state index contributed by atoms with van der Waals surface area (Å²) in [5.74, 6) is 0. The lowest BCUT2D eigenvalue weighted by molar-refractivity contribution is 0.330. The van der Waals surface area contributed by atoms with Crippen molar-refractivity contribution >= 4 is 16.7 Å². The Morgan fingerprint density at radius 3 is 2.54 bits per heavy atom. The molecule has 0 saturated carbocycles. The molecular formula is C20H26FN5. The molecule has 0 radical (unpaired) electrons. The minimum Gasteiger partial charge on any atom is -0.358 e. The molecule has 0 aliphatic heterocycles. The molecule has 0 amide bonds. The molecule has 0 bridgehead atoms. The summed E-state index contributed by atoms with van der Waals surface area (Å²) < 4.78 is 13.6. The normalized spacial score (nSPS) is 11.0. The predicted octanol–water partition coefficient (Wildman–Crippen LogP) is 5.53. The first-order chi connectivity index (χ1) is 12.3. The molecule has 0 spiro atoms. The van der Waals surface area contributed by atoms with Crippen molar-refractivity contribution in [3.63, 3.8) is 0 Å². The Labute approximate surface area is 153 Å². The summed E-state index contributed by atoms with van der Waals surface area (Å²) in [4.78, 5) is 9.14. The van der Waals surface area contributed by atoms with Crippen LogP contribution in [-0.4, -0.2) is 20.0 Å². The number of allylic oxidation sites excluding steroid dienone is 1. The third kappa shape index (κ3) is 4.07. The molecule has 26 heavy (non-hydrogen) atoms. The Morgan fingerprint density at radius 2 is 1.88 bits per heavy atom. The number of hydrogen-bond donors (Lipinski definition) is 1. The van der Waals surface area contributed by atoms with Crippen LogP contribution in [0.1, 0.15) is 40.3 Å². The van der Waals surface area contributed by atoms with E-state index in [-0.39, 0.29) is 5.41 Å². The van der Waals surface area contributed by atoms with Crippen LogP contribution in [0.3, 0.4) is 0 Å². The number of hydrogen-bond acceptors (Lipinski definition) is 4. The second-order valence-electron chi connectivity index (χ2n) is 6.83.